The van der Waals surface area contributed by atoms with Gasteiger partial charge < -0.3 is 14.9 Å². The summed E-state index contributed by atoms with van der Waals surface area (Å²) in [4.78, 5) is 2.44. The van der Waals surface area contributed by atoms with Crippen molar-refractivity contribution in [1.29, 1.82) is 5.41 Å². The van der Waals surface area contributed by atoms with Crippen LogP contribution in [0.25, 0.3) is 0 Å². The van der Waals surface area contributed by atoms with Gasteiger partial charge in [0.1, 0.15) is 0 Å². The lowest BCUT2D eigenvalue weighted by molar-refractivity contribution is 0.114. The molecule has 120 valence electrons. The lowest BCUT2D eigenvalue weighted by Gasteiger charge is -2.50. The first-order valence-corrected chi connectivity index (χ1v) is 7.97. The highest BCUT2D eigenvalue weighted by atomic mass is 16.5. The minimum Gasteiger partial charge on any atom is -0.493 e. The number of nitrogens with one attached hydrogen (secondary N) is 1. The Labute approximate surface area is 132 Å². The van der Waals surface area contributed by atoms with Crippen LogP contribution >= 0.6 is 0 Å². The first-order chi connectivity index (χ1) is 10.5. The minimum absolute atomic E-state index is 0.0158. The van der Waals surface area contributed by atoms with Crippen LogP contribution in [-0.4, -0.2) is 44.0 Å². The average Bonchev–Trinajstić information content (AvgIpc) is 2.79. The molecule has 0 amide bonds. The van der Waals surface area contributed by atoms with Crippen LogP contribution < -0.4 is 9.47 Å². The fraction of sp³-hybridized carbons (Fsp3) is 0.611. The van der Waals surface area contributed by atoms with E-state index in [0.717, 1.165) is 49.4 Å². The third-order valence-corrected chi connectivity index (χ3v) is 6.09. The van der Waals surface area contributed by atoms with E-state index in [9.17, 15) is 0 Å². The fourth-order valence-electron chi connectivity index (χ4n) is 4.54. The van der Waals surface area contributed by atoms with Crippen LogP contribution in [-0.2, 0) is 5.41 Å². The first-order valence-electron chi connectivity index (χ1n) is 7.97. The van der Waals surface area contributed by atoms with Crippen LogP contribution in [0.5, 0.6) is 11.5 Å². The minimum atomic E-state index is 0.0158. The fourth-order valence-corrected chi connectivity index (χ4v) is 4.54. The van der Waals surface area contributed by atoms with Crippen molar-refractivity contribution in [2.75, 3.05) is 27.8 Å². The van der Waals surface area contributed by atoms with E-state index in [1.807, 2.05) is 6.07 Å². The van der Waals surface area contributed by atoms with Gasteiger partial charge in [0, 0.05) is 23.1 Å². The zero-order valence-corrected chi connectivity index (χ0v) is 14.0. The molecule has 0 spiro atoms. The molecule has 1 aromatic rings. The number of methoxy groups -OCH3 is 2. The maximum absolute atomic E-state index is 8.18. The Balaban J connectivity index is 2.10. The van der Waals surface area contributed by atoms with E-state index in [1.165, 1.54) is 5.56 Å². The molecule has 1 aliphatic heterocycles. The molecule has 4 heteroatoms. The van der Waals surface area contributed by atoms with Gasteiger partial charge in [0.15, 0.2) is 11.5 Å². The average molecular weight is 302 g/mol. The molecule has 1 aromatic carbocycles. The monoisotopic (exact) mass is 302 g/mol. The number of benzene rings is 1. The molecule has 1 N–H and O–H groups in total. The summed E-state index contributed by atoms with van der Waals surface area (Å²) in [6.45, 7) is 3.41. The molecule has 4 nitrogen and oxygen atoms in total. The molecular weight excluding hydrogens is 276 g/mol. The standard InChI is InChI=1S/C18H26N2O2/c1-17-12-14(19)7-8-18(17,9-10-20(17)2)13-5-6-15(21-3)16(11-13)22-4/h5-6,11,19H,7-10,12H2,1-4H3/t17-,18-/m0/s1. The summed E-state index contributed by atoms with van der Waals surface area (Å²) in [5, 5.41) is 8.18. The molecule has 2 atom stereocenters. The largest absolute Gasteiger partial charge is 0.493 e. The molecule has 0 unspecified atom stereocenters. The van der Waals surface area contributed by atoms with E-state index in [4.69, 9.17) is 14.9 Å². The number of hydrogen-bond acceptors (Lipinski definition) is 4. The molecule has 0 radical (unpaired) electrons. The Bertz CT molecular complexity index is 601. The normalized spacial score (nSPS) is 31.9. The van der Waals surface area contributed by atoms with E-state index in [1.54, 1.807) is 14.2 Å². The van der Waals surface area contributed by atoms with Crippen molar-refractivity contribution in [3.05, 3.63) is 23.8 Å². The highest BCUT2D eigenvalue weighted by Gasteiger charge is 2.57. The predicted molar refractivity (Wildman–Crippen MR) is 88.5 cm³/mol. The number of nitrogens with zero attached hydrogens (tertiary/aromatic N) is 1. The molecule has 0 aromatic heterocycles. The third-order valence-electron chi connectivity index (χ3n) is 6.09. The molecule has 3 rings (SSSR count). The maximum atomic E-state index is 8.18. The number of likely N-dealkylation sites (N-methyl/N-ethyl adjacent to an activating group) is 1. The summed E-state index contributed by atoms with van der Waals surface area (Å²) in [6, 6.07) is 6.35. The SMILES string of the molecule is COc1ccc([C@@]23CCC(=N)C[C@]2(C)N(C)CC3)cc1OC. The molecule has 2 fully saturated rings. The summed E-state index contributed by atoms with van der Waals surface area (Å²) in [5.74, 6) is 1.58. The molecule has 2 aliphatic rings. The van der Waals surface area contributed by atoms with Gasteiger partial charge in [0.05, 0.1) is 14.2 Å². The molecule has 0 bridgehead atoms. The molecular formula is C18H26N2O2. The Morgan fingerprint density at radius 2 is 1.86 bits per heavy atom. The van der Waals surface area contributed by atoms with Gasteiger partial charge in [-0.2, -0.15) is 0 Å². The van der Waals surface area contributed by atoms with Gasteiger partial charge in [-0.25, -0.2) is 0 Å². The molecule has 1 saturated carbocycles. The van der Waals surface area contributed by atoms with Crippen molar-refractivity contribution in [2.45, 2.75) is 43.6 Å². The number of rotatable bonds is 3. The quantitative estimate of drug-likeness (QED) is 0.932. The van der Waals surface area contributed by atoms with Gasteiger partial charge in [0.25, 0.3) is 0 Å². The summed E-state index contributed by atoms with van der Waals surface area (Å²) in [7, 11) is 5.56. The van der Waals surface area contributed by atoms with Crippen molar-refractivity contribution in [3.8, 4) is 11.5 Å². The number of ether oxygens (including phenoxy) is 2. The topological polar surface area (TPSA) is 45.5 Å². The van der Waals surface area contributed by atoms with E-state index in [-0.39, 0.29) is 11.0 Å². The Hall–Kier alpha value is -1.55. The lowest BCUT2D eigenvalue weighted by Crippen LogP contribution is -2.56. The van der Waals surface area contributed by atoms with Crippen LogP contribution in [0.1, 0.15) is 38.2 Å². The smallest absolute Gasteiger partial charge is 0.161 e. The second-order valence-corrected chi connectivity index (χ2v) is 6.88. The van der Waals surface area contributed by atoms with Gasteiger partial charge >= 0.3 is 0 Å². The van der Waals surface area contributed by atoms with E-state index < -0.39 is 0 Å². The maximum Gasteiger partial charge on any atom is 0.161 e. The van der Waals surface area contributed by atoms with Gasteiger partial charge in [0.2, 0.25) is 0 Å². The highest BCUT2D eigenvalue weighted by Crippen LogP contribution is 2.55. The van der Waals surface area contributed by atoms with Crippen LogP contribution in [0.4, 0.5) is 0 Å². The zero-order valence-electron chi connectivity index (χ0n) is 14.0. The Morgan fingerprint density at radius 3 is 2.55 bits per heavy atom. The molecule has 1 aliphatic carbocycles. The summed E-state index contributed by atoms with van der Waals surface area (Å²) in [5.41, 5.74) is 2.32. The predicted octanol–water partition coefficient (Wildman–Crippen LogP) is 3.24. The number of fused-ring (bicyclic) bond motifs is 1. The highest BCUT2D eigenvalue weighted by molar-refractivity contribution is 5.84. The second-order valence-electron chi connectivity index (χ2n) is 6.88. The number of hydrogen-bond donors (Lipinski definition) is 1. The van der Waals surface area contributed by atoms with E-state index in [0.29, 0.717) is 0 Å². The Kier molecular flexibility index (Phi) is 3.68. The van der Waals surface area contributed by atoms with Gasteiger partial charge in [-0.3, -0.25) is 4.90 Å². The first kappa shape index (κ1) is 15.3. The van der Waals surface area contributed by atoms with E-state index in [2.05, 4.69) is 31.0 Å². The molecule has 1 heterocycles. The van der Waals surface area contributed by atoms with Crippen molar-refractivity contribution in [2.24, 2.45) is 0 Å². The van der Waals surface area contributed by atoms with Gasteiger partial charge in [-0.05, 0) is 57.5 Å². The van der Waals surface area contributed by atoms with Crippen molar-refractivity contribution < 1.29 is 9.47 Å². The van der Waals surface area contributed by atoms with Crippen molar-refractivity contribution in [3.63, 3.8) is 0 Å². The third kappa shape index (κ3) is 1.97. The van der Waals surface area contributed by atoms with Crippen LogP contribution in [0, 0.1) is 5.41 Å². The van der Waals surface area contributed by atoms with Gasteiger partial charge in [-0.15, -0.1) is 0 Å². The van der Waals surface area contributed by atoms with Crippen LogP contribution in [0.3, 0.4) is 0 Å². The summed E-state index contributed by atoms with van der Waals surface area (Å²) in [6.07, 6.45) is 3.94. The Morgan fingerprint density at radius 1 is 1.14 bits per heavy atom. The lowest BCUT2D eigenvalue weighted by atomic mass is 9.58. The molecule has 1 saturated heterocycles. The summed E-state index contributed by atoms with van der Waals surface area (Å²) >= 11 is 0. The number of likely N-dealkylation sites (tertiary alicyclic amines) is 1. The van der Waals surface area contributed by atoms with E-state index >= 15 is 0 Å². The van der Waals surface area contributed by atoms with Crippen molar-refractivity contribution >= 4 is 5.71 Å². The summed E-state index contributed by atoms with van der Waals surface area (Å²) < 4.78 is 10.9. The second kappa shape index (κ2) is 5.27. The van der Waals surface area contributed by atoms with Gasteiger partial charge in [-0.1, -0.05) is 6.07 Å². The zero-order chi connectivity index (χ0) is 16.0. The van der Waals surface area contributed by atoms with Crippen molar-refractivity contribution in [1.82, 2.24) is 4.90 Å². The van der Waals surface area contributed by atoms with Crippen LogP contribution in [0.15, 0.2) is 18.2 Å². The molecule has 22 heavy (non-hydrogen) atoms. The van der Waals surface area contributed by atoms with Crippen LogP contribution in [0.2, 0.25) is 0 Å².